The van der Waals surface area contributed by atoms with Crippen LogP contribution in [0.15, 0.2) is 65.7 Å². The molecular formula is C24H14ClN5O. The first kappa shape index (κ1) is 18.9. The fourth-order valence-corrected chi connectivity index (χ4v) is 3.95. The quantitative estimate of drug-likeness (QED) is 0.429. The van der Waals surface area contributed by atoms with E-state index in [9.17, 15) is 10.1 Å². The van der Waals surface area contributed by atoms with Crippen molar-refractivity contribution in [3.63, 3.8) is 0 Å². The normalized spacial score (nSPS) is 11.0. The molecular weight excluding hydrogens is 410 g/mol. The molecule has 0 aliphatic heterocycles. The number of nitriles is 1. The fraction of sp³-hybridized carbons (Fsp3) is 0.0417. The van der Waals surface area contributed by atoms with Gasteiger partial charge in [0.1, 0.15) is 0 Å². The molecule has 0 radical (unpaired) electrons. The molecule has 0 atom stereocenters. The summed E-state index contributed by atoms with van der Waals surface area (Å²) in [5.74, 6) is 0. The van der Waals surface area contributed by atoms with Crippen LogP contribution in [-0.2, 0) is 0 Å². The zero-order valence-electron chi connectivity index (χ0n) is 16.3. The Morgan fingerprint density at radius 2 is 1.90 bits per heavy atom. The van der Waals surface area contributed by atoms with Crippen LogP contribution in [-0.4, -0.2) is 19.9 Å². The van der Waals surface area contributed by atoms with E-state index in [-0.39, 0.29) is 10.9 Å². The van der Waals surface area contributed by atoms with Gasteiger partial charge in [0.05, 0.1) is 33.6 Å². The van der Waals surface area contributed by atoms with E-state index in [1.165, 1.54) is 6.07 Å². The highest BCUT2D eigenvalue weighted by atomic mass is 35.5. The Hall–Kier alpha value is -4.08. The van der Waals surface area contributed by atoms with E-state index in [4.69, 9.17) is 21.6 Å². The molecule has 31 heavy (non-hydrogen) atoms. The molecule has 0 unspecified atom stereocenters. The molecule has 0 saturated heterocycles. The number of halogens is 1. The Labute approximate surface area is 181 Å². The van der Waals surface area contributed by atoms with Gasteiger partial charge in [0.25, 0.3) is 0 Å². The number of pyridine rings is 2. The summed E-state index contributed by atoms with van der Waals surface area (Å²) < 4.78 is 0. The number of H-pyrrole nitrogens is 1. The Balaban J connectivity index is 1.90. The van der Waals surface area contributed by atoms with Gasteiger partial charge in [-0.3, -0.25) is 9.78 Å². The minimum absolute atomic E-state index is 0.231. The monoisotopic (exact) mass is 423 g/mol. The average Bonchev–Trinajstić information content (AvgIpc) is 2.79. The highest BCUT2D eigenvalue weighted by Crippen LogP contribution is 2.36. The zero-order valence-corrected chi connectivity index (χ0v) is 17.1. The van der Waals surface area contributed by atoms with E-state index in [1.807, 2.05) is 37.3 Å². The summed E-state index contributed by atoms with van der Waals surface area (Å²) >= 11 is 6.52. The first-order valence-electron chi connectivity index (χ1n) is 9.51. The highest BCUT2D eigenvalue weighted by Gasteiger charge is 2.18. The summed E-state index contributed by atoms with van der Waals surface area (Å²) in [7, 11) is 0. The molecule has 5 aromatic rings. The second kappa shape index (κ2) is 7.31. The Morgan fingerprint density at radius 3 is 2.74 bits per heavy atom. The summed E-state index contributed by atoms with van der Waals surface area (Å²) in [5.41, 5.74) is 4.93. The zero-order chi connectivity index (χ0) is 21.5. The molecule has 148 valence electrons. The van der Waals surface area contributed by atoms with Gasteiger partial charge in [-0.1, -0.05) is 29.8 Å². The molecule has 0 bridgehead atoms. The van der Waals surface area contributed by atoms with Gasteiger partial charge < -0.3 is 4.98 Å². The average molecular weight is 424 g/mol. The van der Waals surface area contributed by atoms with E-state index in [2.05, 4.69) is 16.0 Å². The number of rotatable bonds is 2. The molecule has 2 aromatic carbocycles. The first-order chi connectivity index (χ1) is 15.1. The lowest BCUT2D eigenvalue weighted by molar-refractivity contribution is 1.21. The predicted molar refractivity (Wildman–Crippen MR) is 121 cm³/mol. The smallest absolute Gasteiger partial charge is 0.209 e. The molecule has 0 saturated carbocycles. The van der Waals surface area contributed by atoms with Gasteiger partial charge in [-0.25, -0.2) is 9.97 Å². The number of fused-ring (bicyclic) bond motifs is 2. The summed E-state index contributed by atoms with van der Waals surface area (Å²) in [6.07, 6.45) is 3.23. The summed E-state index contributed by atoms with van der Waals surface area (Å²) in [6, 6.07) is 16.5. The van der Waals surface area contributed by atoms with Crippen LogP contribution in [0.4, 0.5) is 0 Å². The Kier molecular flexibility index (Phi) is 4.46. The number of aromatic amines is 1. The van der Waals surface area contributed by atoms with E-state index >= 15 is 0 Å². The van der Waals surface area contributed by atoms with Crippen molar-refractivity contribution in [2.24, 2.45) is 0 Å². The van der Waals surface area contributed by atoms with Crippen molar-refractivity contribution in [2.45, 2.75) is 6.92 Å². The number of nitrogens with zero attached hydrogens (tertiary/aromatic N) is 4. The van der Waals surface area contributed by atoms with Gasteiger partial charge in [0, 0.05) is 35.0 Å². The first-order valence-corrected chi connectivity index (χ1v) is 9.89. The number of hydrogen-bond donors (Lipinski definition) is 1. The van der Waals surface area contributed by atoms with Crippen molar-refractivity contribution >= 4 is 33.7 Å². The number of hydrogen-bond acceptors (Lipinski definition) is 5. The molecule has 0 spiro atoms. The lowest BCUT2D eigenvalue weighted by atomic mass is 9.96. The van der Waals surface area contributed by atoms with E-state index in [1.54, 1.807) is 24.5 Å². The van der Waals surface area contributed by atoms with Gasteiger partial charge in [0.15, 0.2) is 11.2 Å². The lowest BCUT2D eigenvalue weighted by Crippen LogP contribution is -2.07. The SMILES string of the molecule is Cc1c(C#N)cccc1-c1nc2[nH]ccc(=O)c2nc1-c1cc(Cl)c2ncccc2c1. The molecule has 6 nitrogen and oxygen atoms in total. The van der Waals surface area contributed by atoms with Crippen LogP contribution in [0.2, 0.25) is 5.02 Å². The maximum Gasteiger partial charge on any atom is 0.209 e. The van der Waals surface area contributed by atoms with Crippen molar-refractivity contribution in [3.8, 4) is 28.6 Å². The largest absolute Gasteiger partial charge is 0.345 e. The fourth-order valence-electron chi connectivity index (χ4n) is 3.67. The molecule has 0 aliphatic rings. The minimum atomic E-state index is -0.231. The van der Waals surface area contributed by atoms with E-state index < -0.39 is 0 Å². The molecule has 5 rings (SSSR count). The van der Waals surface area contributed by atoms with E-state index in [0.29, 0.717) is 38.7 Å². The van der Waals surface area contributed by atoms with Crippen molar-refractivity contribution < 1.29 is 0 Å². The predicted octanol–water partition coefficient (Wildman–Crippen LogP) is 5.03. The van der Waals surface area contributed by atoms with Gasteiger partial charge in [-0.05, 0) is 36.8 Å². The molecule has 7 heteroatoms. The van der Waals surface area contributed by atoms with Crippen molar-refractivity contribution in [3.05, 3.63) is 87.3 Å². The maximum atomic E-state index is 12.5. The van der Waals surface area contributed by atoms with Crippen LogP contribution < -0.4 is 5.43 Å². The van der Waals surface area contributed by atoms with Crippen LogP contribution in [0.3, 0.4) is 0 Å². The topological polar surface area (TPSA) is 95.3 Å². The third kappa shape index (κ3) is 3.12. The molecule has 3 aromatic heterocycles. The van der Waals surface area contributed by atoms with Crippen LogP contribution in [0.25, 0.3) is 44.6 Å². The van der Waals surface area contributed by atoms with Crippen molar-refractivity contribution in [2.75, 3.05) is 0 Å². The van der Waals surface area contributed by atoms with Gasteiger partial charge in [-0.15, -0.1) is 0 Å². The number of aromatic nitrogens is 4. The molecule has 0 fully saturated rings. The van der Waals surface area contributed by atoms with E-state index in [0.717, 1.165) is 16.5 Å². The van der Waals surface area contributed by atoms with Gasteiger partial charge in [-0.2, -0.15) is 5.26 Å². The van der Waals surface area contributed by atoms with Crippen LogP contribution in [0.5, 0.6) is 0 Å². The Morgan fingerprint density at radius 1 is 1.03 bits per heavy atom. The third-order valence-corrected chi connectivity index (χ3v) is 5.51. The molecule has 1 N–H and O–H groups in total. The number of nitrogens with one attached hydrogen (secondary N) is 1. The molecule has 0 amide bonds. The standard InChI is InChI=1S/C24H14ClN5O/c1-13-15(12-26)4-2-6-17(13)22-21(29-23-19(31)7-9-28-24(23)30-22)16-10-14-5-3-8-27-20(14)18(25)11-16/h2-11H,1H3,(H,28,30,31). The van der Waals surface area contributed by atoms with Gasteiger partial charge >= 0.3 is 0 Å². The second-order valence-corrected chi connectivity index (χ2v) is 7.49. The number of benzene rings is 2. The minimum Gasteiger partial charge on any atom is -0.345 e. The van der Waals surface area contributed by atoms with Crippen molar-refractivity contribution in [1.82, 2.24) is 19.9 Å². The van der Waals surface area contributed by atoms with Crippen molar-refractivity contribution in [1.29, 1.82) is 5.26 Å². The molecule has 0 aliphatic carbocycles. The van der Waals surface area contributed by atoms with Gasteiger partial charge in [0.2, 0.25) is 5.43 Å². The molecule has 3 heterocycles. The van der Waals surface area contributed by atoms with Crippen LogP contribution in [0, 0.1) is 18.3 Å². The summed E-state index contributed by atoms with van der Waals surface area (Å²) in [5, 5.41) is 10.8. The summed E-state index contributed by atoms with van der Waals surface area (Å²) in [4.78, 5) is 29.2. The lowest BCUT2D eigenvalue weighted by Gasteiger charge is -2.13. The second-order valence-electron chi connectivity index (χ2n) is 7.08. The third-order valence-electron chi connectivity index (χ3n) is 5.23. The summed E-state index contributed by atoms with van der Waals surface area (Å²) in [6.45, 7) is 1.87. The highest BCUT2D eigenvalue weighted by molar-refractivity contribution is 6.35. The Bertz CT molecular complexity index is 1600. The van der Waals surface area contributed by atoms with Crippen LogP contribution >= 0.6 is 11.6 Å². The van der Waals surface area contributed by atoms with Crippen LogP contribution in [0.1, 0.15) is 11.1 Å². The maximum absolute atomic E-state index is 12.5.